The number of hydrogen-bond donors (Lipinski definition) is 2. The number of nitrogens with one attached hydrogen (secondary N) is 2. The van der Waals surface area contributed by atoms with Crippen LogP contribution in [0.5, 0.6) is 11.5 Å². The van der Waals surface area contributed by atoms with Gasteiger partial charge in [0, 0.05) is 0 Å². The summed E-state index contributed by atoms with van der Waals surface area (Å²) in [6.45, 7) is 3.43. The van der Waals surface area contributed by atoms with Crippen molar-refractivity contribution in [2.45, 2.75) is 13.8 Å². The third-order valence-electron chi connectivity index (χ3n) is 3.87. The molecule has 2 N–H and O–H groups in total. The van der Waals surface area contributed by atoms with Crippen molar-refractivity contribution >= 4 is 23.2 Å². The molecule has 0 aliphatic rings. The van der Waals surface area contributed by atoms with Gasteiger partial charge < -0.3 is 9.47 Å². The molecule has 0 aliphatic heterocycles. The third kappa shape index (κ3) is 5.66. The summed E-state index contributed by atoms with van der Waals surface area (Å²) >= 11 is 0. The van der Waals surface area contributed by atoms with E-state index in [1.165, 1.54) is 0 Å². The van der Waals surface area contributed by atoms with Gasteiger partial charge in [-0.05, 0) is 73.5 Å². The highest BCUT2D eigenvalue weighted by Gasteiger charge is 2.12. The Morgan fingerprint density at radius 1 is 0.679 bits per heavy atom. The Labute approximate surface area is 163 Å². The Bertz CT molecular complexity index is 812. The number of benzene rings is 2. The molecule has 2 rings (SSSR count). The molecule has 8 nitrogen and oxygen atoms in total. The SMILES string of the molecule is COc1ccc(/C(C)=N/NC(=O)C(=O)N/N=C(\C)c2ccc(OC)cc2)cc1. The van der Waals surface area contributed by atoms with Gasteiger partial charge in [0.1, 0.15) is 11.5 Å². The number of rotatable bonds is 6. The first-order valence-electron chi connectivity index (χ1n) is 8.42. The molecular formula is C20H22N4O4. The van der Waals surface area contributed by atoms with Gasteiger partial charge in [-0.2, -0.15) is 10.2 Å². The van der Waals surface area contributed by atoms with Crippen LogP contribution in [0.1, 0.15) is 25.0 Å². The largest absolute Gasteiger partial charge is 0.497 e. The van der Waals surface area contributed by atoms with E-state index in [1.807, 2.05) is 0 Å². The molecule has 0 bridgehead atoms. The van der Waals surface area contributed by atoms with E-state index in [2.05, 4.69) is 21.1 Å². The molecule has 0 radical (unpaired) electrons. The standard InChI is InChI=1S/C20H22N4O4/c1-13(15-5-9-17(27-3)10-6-15)21-23-19(25)20(26)24-22-14(2)16-7-11-18(28-4)12-8-16/h5-12H,1-4H3,(H,23,25)(H,24,26)/b21-13+,22-14+. The summed E-state index contributed by atoms with van der Waals surface area (Å²) in [6.07, 6.45) is 0. The molecule has 0 aliphatic carbocycles. The minimum absolute atomic E-state index is 0.543. The molecule has 0 fully saturated rings. The Balaban J connectivity index is 1.93. The fourth-order valence-electron chi connectivity index (χ4n) is 2.16. The number of ether oxygens (including phenoxy) is 2. The lowest BCUT2D eigenvalue weighted by molar-refractivity contribution is -0.139. The van der Waals surface area contributed by atoms with Gasteiger partial charge in [-0.3, -0.25) is 9.59 Å². The third-order valence-corrected chi connectivity index (χ3v) is 3.87. The van der Waals surface area contributed by atoms with Crippen molar-refractivity contribution in [1.82, 2.24) is 10.9 Å². The maximum absolute atomic E-state index is 11.9. The van der Waals surface area contributed by atoms with Crippen LogP contribution in [0.2, 0.25) is 0 Å². The Morgan fingerprint density at radius 3 is 1.29 bits per heavy atom. The normalized spacial score (nSPS) is 11.6. The minimum Gasteiger partial charge on any atom is -0.497 e. The first kappa shape index (κ1) is 20.6. The van der Waals surface area contributed by atoms with Crippen molar-refractivity contribution in [3.8, 4) is 11.5 Å². The van der Waals surface area contributed by atoms with E-state index in [-0.39, 0.29) is 0 Å². The van der Waals surface area contributed by atoms with Crippen LogP contribution in [-0.2, 0) is 9.59 Å². The summed E-state index contributed by atoms with van der Waals surface area (Å²) in [7, 11) is 3.15. The Hall–Kier alpha value is -3.68. The van der Waals surface area contributed by atoms with Crippen LogP contribution >= 0.6 is 0 Å². The predicted molar refractivity (Wildman–Crippen MR) is 107 cm³/mol. The fourth-order valence-corrected chi connectivity index (χ4v) is 2.16. The molecule has 2 aromatic carbocycles. The van der Waals surface area contributed by atoms with Crippen molar-refractivity contribution in [2.24, 2.45) is 10.2 Å². The zero-order valence-electron chi connectivity index (χ0n) is 16.1. The second-order valence-electron chi connectivity index (χ2n) is 5.73. The lowest BCUT2D eigenvalue weighted by atomic mass is 10.1. The summed E-state index contributed by atoms with van der Waals surface area (Å²) in [4.78, 5) is 23.8. The van der Waals surface area contributed by atoms with Gasteiger partial charge >= 0.3 is 11.8 Å². The van der Waals surface area contributed by atoms with Crippen LogP contribution in [0.15, 0.2) is 58.7 Å². The average Bonchev–Trinajstić information content (AvgIpc) is 2.75. The highest BCUT2D eigenvalue weighted by atomic mass is 16.5. The second-order valence-corrected chi connectivity index (χ2v) is 5.73. The molecule has 0 atom stereocenters. The maximum atomic E-state index is 11.9. The molecule has 146 valence electrons. The molecule has 0 spiro atoms. The molecule has 0 saturated carbocycles. The molecule has 2 amide bonds. The van der Waals surface area contributed by atoms with Crippen molar-refractivity contribution in [3.63, 3.8) is 0 Å². The molecule has 0 heterocycles. The molecule has 8 heteroatoms. The number of methoxy groups -OCH3 is 2. The Kier molecular flexibility index (Phi) is 7.27. The van der Waals surface area contributed by atoms with E-state index < -0.39 is 11.8 Å². The number of hydrogen-bond acceptors (Lipinski definition) is 6. The van der Waals surface area contributed by atoms with E-state index >= 15 is 0 Å². The number of carbonyl (C=O) groups excluding carboxylic acids is 2. The molecule has 0 saturated heterocycles. The zero-order chi connectivity index (χ0) is 20.5. The lowest BCUT2D eigenvalue weighted by Gasteiger charge is -2.05. The number of amides is 2. The van der Waals surface area contributed by atoms with Gasteiger partial charge in [0.25, 0.3) is 0 Å². The van der Waals surface area contributed by atoms with Crippen molar-refractivity contribution in [1.29, 1.82) is 0 Å². The van der Waals surface area contributed by atoms with E-state index in [1.54, 1.807) is 76.6 Å². The topological polar surface area (TPSA) is 101 Å². The molecule has 0 unspecified atom stereocenters. The number of nitrogens with zero attached hydrogens (tertiary/aromatic N) is 2. The summed E-state index contributed by atoms with van der Waals surface area (Å²) in [5.41, 5.74) is 7.08. The first-order valence-corrected chi connectivity index (χ1v) is 8.42. The van der Waals surface area contributed by atoms with E-state index in [0.29, 0.717) is 22.9 Å². The van der Waals surface area contributed by atoms with Crippen LogP contribution in [0.25, 0.3) is 0 Å². The van der Waals surface area contributed by atoms with Gasteiger partial charge in [0.15, 0.2) is 0 Å². The Morgan fingerprint density at radius 2 is 1.00 bits per heavy atom. The van der Waals surface area contributed by atoms with Crippen molar-refractivity contribution in [3.05, 3.63) is 59.7 Å². The molecule has 2 aromatic rings. The zero-order valence-corrected chi connectivity index (χ0v) is 16.1. The molecular weight excluding hydrogens is 360 g/mol. The summed E-state index contributed by atoms with van der Waals surface area (Å²) in [5, 5.41) is 7.86. The van der Waals surface area contributed by atoms with Crippen LogP contribution in [0.4, 0.5) is 0 Å². The van der Waals surface area contributed by atoms with Gasteiger partial charge in [-0.25, -0.2) is 10.9 Å². The predicted octanol–water partition coefficient (Wildman–Crippen LogP) is 2.08. The van der Waals surface area contributed by atoms with Crippen LogP contribution in [0, 0.1) is 0 Å². The monoisotopic (exact) mass is 382 g/mol. The van der Waals surface area contributed by atoms with Gasteiger partial charge in [0.2, 0.25) is 0 Å². The second kappa shape index (κ2) is 9.86. The van der Waals surface area contributed by atoms with Crippen LogP contribution in [0.3, 0.4) is 0 Å². The quantitative estimate of drug-likeness (QED) is 0.454. The van der Waals surface area contributed by atoms with Gasteiger partial charge in [0.05, 0.1) is 25.6 Å². The highest BCUT2D eigenvalue weighted by molar-refractivity contribution is 6.35. The van der Waals surface area contributed by atoms with Gasteiger partial charge in [-0.15, -0.1) is 0 Å². The van der Waals surface area contributed by atoms with Crippen molar-refractivity contribution in [2.75, 3.05) is 14.2 Å². The fraction of sp³-hybridized carbons (Fsp3) is 0.200. The average molecular weight is 382 g/mol. The molecule has 28 heavy (non-hydrogen) atoms. The van der Waals surface area contributed by atoms with Crippen LogP contribution in [-0.4, -0.2) is 37.5 Å². The summed E-state index contributed by atoms with van der Waals surface area (Å²) in [5.74, 6) is -0.409. The lowest BCUT2D eigenvalue weighted by Crippen LogP contribution is -2.36. The molecule has 0 aromatic heterocycles. The smallest absolute Gasteiger partial charge is 0.331 e. The first-order chi connectivity index (χ1) is 13.4. The summed E-state index contributed by atoms with van der Waals surface area (Å²) < 4.78 is 10.2. The number of hydrazone groups is 2. The van der Waals surface area contributed by atoms with E-state index in [9.17, 15) is 9.59 Å². The van der Waals surface area contributed by atoms with Gasteiger partial charge in [-0.1, -0.05) is 0 Å². The minimum atomic E-state index is -0.917. The van der Waals surface area contributed by atoms with Crippen molar-refractivity contribution < 1.29 is 19.1 Å². The highest BCUT2D eigenvalue weighted by Crippen LogP contribution is 2.12. The maximum Gasteiger partial charge on any atom is 0.331 e. The summed E-state index contributed by atoms with van der Waals surface area (Å²) in [6, 6.07) is 14.3. The van der Waals surface area contributed by atoms with E-state index in [4.69, 9.17) is 9.47 Å². The van der Waals surface area contributed by atoms with E-state index in [0.717, 1.165) is 11.1 Å². The van der Waals surface area contributed by atoms with Crippen LogP contribution < -0.4 is 20.3 Å². The number of carbonyl (C=O) groups is 2.